The molecule has 0 saturated heterocycles. The molecule has 1 aromatic rings. The topological polar surface area (TPSA) is 0 Å². The second kappa shape index (κ2) is 15.8. The fourth-order valence-electron chi connectivity index (χ4n) is 11.8. The fraction of sp³-hybridized carbons (Fsp3) is 0.778. The van der Waals surface area contributed by atoms with Gasteiger partial charge in [-0.25, -0.2) is 0 Å². The Balaban J connectivity index is 0.000000846. The van der Waals surface area contributed by atoms with Gasteiger partial charge in [-0.05, 0) is 102 Å². The van der Waals surface area contributed by atoms with Crippen LogP contribution in [0.15, 0.2) is 30.3 Å². The molecule has 1 aromatic carbocycles. The first-order valence-electron chi connectivity index (χ1n) is 16.4. The zero-order valence-corrected chi connectivity index (χ0v) is 31.7. The van der Waals surface area contributed by atoms with Crippen LogP contribution < -0.4 is 0 Å². The number of halogens is 2. The van der Waals surface area contributed by atoms with Gasteiger partial charge in [-0.2, -0.15) is 0 Å². The minimum absolute atomic E-state index is 0. The van der Waals surface area contributed by atoms with E-state index < -0.39 is 28.9 Å². The van der Waals surface area contributed by atoms with Gasteiger partial charge in [0.25, 0.3) is 0 Å². The summed E-state index contributed by atoms with van der Waals surface area (Å²) >= 11 is -0.826. The molecule has 0 N–H and O–H groups in total. The van der Waals surface area contributed by atoms with Crippen LogP contribution in [-0.4, -0.2) is 8.07 Å². The van der Waals surface area contributed by atoms with Crippen molar-refractivity contribution in [3.8, 4) is 0 Å². The molecule has 0 spiro atoms. The standard InChI is InChI=1S/C34H54Si.2CH3.2ClH.Zr/c1-5-12-23(2)30-22-33(28-17-10-9-16-27(28)30)35(3,4)32-20-19-29-31(32)21-25-15-11-18-26(25)34(29)24-13-7-6-8-14-24;;;;;/h6-8,13-14,23,25-34H,5,9-12,15-22H2,1-4H3;2*1H3;2*1H;/q;2*-1;;;+4/p-2. The van der Waals surface area contributed by atoms with E-state index in [2.05, 4.69) is 57.3 Å². The zero-order chi connectivity index (χ0) is 26.9. The Morgan fingerprint density at radius 1 is 0.775 bits per heavy atom. The molecule has 5 aliphatic carbocycles. The first kappa shape index (κ1) is 35.4. The maximum atomic E-state index is 4.93. The van der Waals surface area contributed by atoms with Gasteiger partial charge in [0, 0.05) is 0 Å². The number of benzene rings is 1. The molecule has 11 unspecified atom stereocenters. The third kappa shape index (κ3) is 6.91. The van der Waals surface area contributed by atoms with Gasteiger partial charge in [-0.1, -0.05) is 109 Å². The quantitative estimate of drug-likeness (QED) is 0.207. The third-order valence-corrected chi connectivity index (χ3v) is 18.3. The molecule has 0 aliphatic heterocycles. The van der Waals surface area contributed by atoms with Gasteiger partial charge in [0.1, 0.15) is 0 Å². The van der Waals surface area contributed by atoms with E-state index in [9.17, 15) is 0 Å². The second-order valence-electron chi connectivity index (χ2n) is 14.8. The summed E-state index contributed by atoms with van der Waals surface area (Å²) in [6, 6.07) is 11.9. The van der Waals surface area contributed by atoms with Crippen LogP contribution in [0.1, 0.15) is 109 Å². The van der Waals surface area contributed by atoms with Crippen LogP contribution in [0.25, 0.3) is 0 Å². The Morgan fingerprint density at radius 3 is 2.10 bits per heavy atom. The van der Waals surface area contributed by atoms with Gasteiger partial charge in [-0.15, -0.1) is 0 Å². The van der Waals surface area contributed by atoms with Crippen LogP contribution in [0.2, 0.25) is 24.2 Å². The Bertz CT molecular complexity index is 877. The average molecular weight is 683 g/mol. The first-order valence-corrected chi connectivity index (χ1v) is 25.9. The van der Waals surface area contributed by atoms with E-state index in [4.69, 9.17) is 17.0 Å². The van der Waals surface area contributed by atoms with E-state index in [0.29, 0.717) is 0 Å². The Morgan fingerprint density at radius 2 is 1.43 bits per heavy atom. The Hall–Kier alpha value is 0.900. The van der Waals surface area contributed by atoms with Crippen molar-refractivity contribution in [3.63, 3.8) is 0 Å². The van der Waals surface area contributed by atoms with E-state index in [0.717, 1.165) is 64.3 Å². The molecule has 226 valence electrons. The number of fused-ring (bicyclic) bond motifs is 3. The van der Waals surface area contributed by atoms with Gasteiger partial charge in [-0.3, -0.25) is 0 Å². The average Bonchev–Trinajstić information content (AvgIpc) is 3.65. The van der Waals surface area contributed by atoms with Crippen molar-refractivity contribution in [3.05, 3.63) is 50.7 Å². The van der Waals surface area contributed by atoms with Gasteiger partial charge >= 0.3 is 37.9 Å². The molecule has 0 bridgehead atoms. The molecule has 6 rings (SSSR count). The normalized spacial score (nSPS) is 38.8. The summed E-state index contributed by atoms with van der Waals surface area (Å²) < 4.78 is 0. The van der Waals surface area contributed by atoms with Gasteiger partial charge in [0.15, 0.2) is 0 Å². The summed E-state index contributed by atoms with van der Waals surface area (Å²) in [5, 5.41) is 0. The van der Waals surface area contributed by atoms with Crippen molar-refractivity contribution < 1.29 is 20.8 Å². The molecule has 5 saturated carbocycles. The molecule has 0 heterocycles. The Kier molecular flexibility index (Phi) is 13.9. The summed E-state index contributed by atoms with van der Waals surface area (Å²) in [5.41, 5.74) is 3.94. The van der Waals surface area contributed by atoms with Crippen molar-refractivity contribution in [1.82, 2.24) is 0 Å². The van der Waals surface area contributed by atoms with E-state index in [-0.39, 0.29) is 14.9 Å². The van der Waals surface area contributed by atoms with Crippen LogP contribution in [0, 0.1) is 62.2 Å². The third-order valence-electron chi connectivity index (χ3n) is 13.1. The molecular weight excluding hydrogens is 623 g/mol. The second-order valence-corrected chi connectivity index (χ2v) is 23.7. The SMILES string of the molecule is CCCC(C)C1CC([Si](C)(C)C2CCC3C2CC2CCCC2C3c2ccccc2)C2CCCCC12.[CH3-].[CH3-].[Cl][Zr+2][Cl]. The Labute approximate surface area is 269 Å². The number of rotatable bonds is 6. The van der Waals surface area contributed by atoms with E-state index in [1.54, 1.807) is 44.1 Å². The number of hydrogen-bond donors (Lipinski definition) is 0. The summed E-state index contributed by atoms with van der Waals surface area (Å²) in [4.78, 5) is 0. The van der Waals surface area contributed by atoms with Crippen LogP contribution >= 0.6 is 17.0 Å². The number of hydrogen-bond acceptors (Lipinski definition) is 0. The summed E-state index contributed by atoms with van der Waals surface area (Å²) in [5.74, 6) is 9.15. The van der Waals surface area contributed by atoms with Gasteiger partial charge in [0.2, 0.25) is 0 Å². The molecule has 4 heteroatoms. The predicted molar refractivity (Wildman–Crippen MR) is 178 cm³/mol. The molecule has 5 aliphatic rings. The molecule has 0 radical (unpaired) electrons. The zero-order valence-electron chi connectivity index (χ0n) is 26.7. The molecule has 5 fully saturated rings. The van der Waals surface area contributed by atoms with Crippen molar-refractivity contribution in [2.45, 2.75) is 127 Å². The molecule has 0 amide bonds. The predicted octanol–water partition coefficient (Wildman–Crippen LogP) is 12.6. The van der Waals surface area contributed by atoms with E-state index in [1.807, 2.05) is 0 Å². The van der Waals surface area contributed by atoms with Crippen molar-refractivity contribution >= 4 is 25.1 Å². The van der Waals surface area contributed by atoms with Crippen LogP contribution in [0.3, 0.4) is 0 Å². The fourth-order valence-corrected chi connectivity index (χ4v) is 17.1. The molecule has 40 heavy (non-hydrogen) atoms. The first-order chi connectivity index (χ1) is 18.4. The molecule has 0 nitrogen and oxygen atoms in total. The van der Waals surface area contributed by atoms with Crippen molar-refractivity contribution in [2.75, 3.05) is 0 Å². The molecule has 0 aromatic heterocycles. The van der Waals surface area contributed by atoms with Crippen LogP contribution in [0.5, 0.6) is 0 Å². The minimum atomic E-state index is -1.34. The van der Waals surface area contributed by atoms with Gasteiger partial charge < -0.3 is 14.9 Å². The van der Waals surface area contributed by atoms with Crippen molar-refractivity contribution in [1.29, 1.82) is 0 Å². The van der Waals surface area contributed by atoms with E-state index in [1.165, 1.54) is 44.9 Å². The summed E-state index contributed by atoms with van der Waals surface area (Å²) in [7, 11) is 8.53. The van der Waals surface area contributed by atoms with Crippen LogP contribution in [-0.2, 0) is 20.8 Å². The summed E-state index contributed by atoms with van der Waals surface area (Å²) in [6.45, 7) is 10.9. The summed E-state index contributed by atoms with van der Waals surface area (Å²) in [6.07, 6.45) is 20.0. The van der Waals surface area contributed by atoms with E-state index >= 15 is 0 Å². The maximum absolute atomic E-state index is 4.93. The van der Waals surface area contributed by atoms with Crippen LogP contribution in [0.4, 0.5) is 0 Å². The molecular formula is C36H60Cl2SiZr. The van der Waals surface area contributed by atoms with Gasteiger partial charge in [0.05, 0.1) is 8.07 Å². The van der Waals surface area contributed by atoms with Crippen molar-refractivity contribution in [2.24, 2.45) is 47.3 Å². The monoisotopic (exact) mass is 680 g/mol. The molecule has 11 atom stereocenters.